The van der Waals surface area contributed by atoms with Gasteiger partial charge in [0.1, 0.15) is 17.6 Å². The zero-order chi connectivity index (χ0) is 13.8. The van der Waals surface area contributed by atoms with Gasteiger partial charge in [0.2, 0.25) is 0 Å². The van der Waals surface area contributed by atoms with Crippen LogP contribution >= 0.6 is 0 Å². The molecule has 1 atom stereocenters. The van der Waals surface area contributed by atoms with Crippen LogP contribution in [0.3, 0.4) is 0 Å². The highest BCUT2D eigenvalue weighted by molar-refractivity contribution is 5.85. The van der Waals surface area contributed by atoms with Crippen LogP contribution in [0.25, 0.3) is 0 Å². The van der Waals surface area contributed by atoms with Gasteiger partial charge in [0.25, 0.3) is 0 Å². The third-order valence-electron chi connectivity index (χ3n) is 2.99. The number of benzene rings is 1. The molecule has 0 spiro atoms. The van der Waals surface area contributed by atoms with Crippen molar-refractivity contribution < 1.29 is 4.42 Å². The Bertz CT molecular complexity index is 670. The van der Waals surface area contributed by atoms with Crippen molar-refractivity contribution in [3.8, 4) is 0 Å². The average Bonchev–Trinajstić information content (AvgIpc) is 3.09. The van der Waals surface area contributed by atoms with E-state index >= 15 is 0 Å². The Morgan fingerprint density at radius 3 is 2.80 bits per heavy atom. The lowest BCUT2D eigenvalue weighted by molar-refractivity contribution is 0.528. The molecule has 0 N–H and O–H groups in total. The second kappa shape index (κ2) is 5.61. The molecule has 5 heteroatoms. The second-order valence-corrected chi connectivity index (χ2v) is 4.56. The van der Waals surface area contributed by atoms with Gasteiger partial charge in [-0.1, -0.05) is 30.3 Å². The summed E-state index contributed by atoms with van der Waals surface area (Å²) < 4.78 is 5.37. The summed E-state index contributed by atoms with van der Waals surface area (Å²) in [5, 5.41) is 16.3. The van der Waals surface area contributed by atoms with Crippen LogP contribution in [0.2, 0.25) is 0 Å². The minimum atomic E-state index is 0.0519. The third kappa shape index (κ3) is 2.88. The SMILES string of the molecule is Cc1ccc(/C=N/N=C2\CC(c3ccccc3)N=N2)o1. The third-order valence-corrected chi connectivity index (χ3v) is 2.99. The summed E-state index contributed by atoms with van der Waals surface area (Å²) in [6, 6.07) is 13.9. The molecule has 20 heavy (non-hydrogen) atoms. The Labute approximate surface area is 116 Å². The van der Waals surface area contributed by atoms with Crippen LogP contribution in [0.1, 0.15) is 29.5 Å². The van der Waals surface area contributed by atoms with E-state index in [2.05, 4.69) is 20.4 Å². The highest BCUT2D eigenvalue weighted by atomic mass is 16.3. The molecule has 0 aliphatic carbocycles. The summed E-state index contributed by atoms with van der Waals surface area (Å²) in [5.74, 6) is 2.17. The number of hydrogen-bond donors (Lipinski definition) is 0. The molecule has 5 nitrogen and oxygen atoms in total. The number of rotatable bonds is 3. The lowest BCUT2D eigenvalue weighted by Crippen LogP contribution is -1.95. The van der Waals surface area contributed by atoms with Crippen molar-refractivity contribution in [1.82, 2.24) is 0 Å². The second-order valence-electron chi connectivity index (χ2n) is 4.56. The molecule has 1 aromatic carbocycles. The maximum atomic E-state index is 5.37. The maximum absolute atomic E-state index is 5.37. The fourth-order valence-electron chi connectivity index (χ4n) is 1.99. The van der Waals surface area contributed by atoms with E-state index in [0.29, 0.717) is 18.0 Å². The molecule has 1 aliphatic rings. The van der Waals surface area contributed by atoms with Gasteiger partial charge < -0.3 is 4.42 Å². The smallest absolute Gasteiger partial charge is 0.175 e. The molecule has 1 aliphatic heterocycles. The fourth-order valence-corrected chi connectivity index (χ4v) is 1.99. The fraction of sp³-hybridized carbons (Fsp3) is 0.200. The standard InChI is InChI=1S/C15H14N4O/c1-11-7-8-13(20-11)10-16-18-15-9-14(17-19-15)12-5-3-2-4-6-12/h2-8,10,14H,9H2,1H3/b16-10+,18-15+. The quantitative estimate of drug-likeness (QED) is 0.613. The van der Waals surface area contributed by atoms with E-state index in [0.717, 1.165) is 11.3 Å². The van der Waals surface area contributed by atoms with Crippen molar-refractivity contribution in [2.45, 2.75) is 19.4 Å². The number of nitrogens with zero attached hydrogens (tertiary/aromatic N) is 4. The van der Waals surface area contributed by atoms with Crippen LogP contribution < -0.4 is 0 Å². The minimum absolute atomic E-state index is 0.0519. The van der Waals surface area contributed by atoms with E-state index in [4.69, 9.17) is 4.42 Å². The first kappa shape index (κ1) is 12.5. The summed E-state index contributed by atoms with van der Waals surface area (Å²) in [6.07, 6.45) is 2.25. The average molecular weight is 266 g/mol. The molecule has 0 radical (unpaired) electrons. The Morgan fingerprint density at radius 2 is 2.05 bits per heavy atom. The summed E-state index contributed by atoms with van der Waals surface area (Å²) in [4.78, 5) is 0. The number of aryl methyl sites for hydroxylation is 1. The monoisotopic (exact) mass is 266 g/mol. The number of furan rings is 1. The van der Waals surface area contributed by atoms with Gasteiger partial charge in [-0.25, -0.2) is 0 Å². The topological polar surface area (TPSA) is 62.6 Å². The molecular formula is C15H14N4O. The molecule has 0 bridgehead atoms. The first-order valence-electron chi connectivity index (χ1n) is 6.43. The van der Waals surface area contributed by atoms with Crippen LogP contribution in [0, 0.1) is 6.92 Å². The minimum Gasteiger partial charge on any atom is -0.460 e. The molecule has 0 amide bonds. The molecule has 2 heterocycles. The predicted molar refractivity (Wildman–Crippen MR) is 77.1 cm³/mol. The van der Waals surface area contributed by atoms with E-state index in [1.54, 1.807) is 6.21 Å². The van der Waals surface area contributed by atoms with Gasteiger partial charge in [-0.05, 0) is 24.6 Å². The maximum Gasteiger partial charge on any atom is 0.175 e. The van der Waals surface area contributed by atoms with Gasteiger partial charge in [0, 0.05) is 6.42 Å². The highest BCUT2D eigenvalue weighted by Gasteiger charge is 2.19. The Balaban J connectivity index is 1.64. The van der Waals surface area contributed by atoms with Crippen molar-refractivity contribution in [2.75, 3.05) is 0 Å². The molecule has 0 saturated heterocycles. The van der Waals surface area contributed by atoms with Gasteiger partial charge >= 0.3 is 0 Å². The Morgan fingerprint density at radius 1 is 1.20 bits per heavy atom. The van der Waals surface area contributed by atoms with E-state index in [9.17, 15) is 0 Å². The van der Waals surface area contributed by atoms with Crippen LogP contribution in [-0.2, 0) is 0 Å². The zero-order valence-electron chi connectivity index (χ0n) is 11.1. The molecule has 100 valence electrons. The van der Waals surface area contributed by atoms with Crippen molar-refractivity contribution in [3.63, 3.8) is 0 Å². The molecular weight excluding hydrogens is 252 g/mol. The van der Waals surface area contributed by atoms with Crippen molar-refractivity contribution in [1.29, 1.82) is 0 Å². The van der Waals surface area contributed by atoms with E-state index in [1.165, 1.54) is 0 Å². The summed E-state index contributed by atoms with van der Waals surface area (Å²) in [5.41, 5.74) is 1.15. The van der Waals surface area contributed by atoms with Gasteiger partial charge in [-0.15, -0.1) is 10.2 Å². The predicted octanol–water partition coefficient (Wildman–Crippen LogP) is 3.92. The summed E-state index contributed by atoms with van der Waals surface area (Å²) in [6.45, 7) is 1.89. The number of hydrogen-bond acceptors (Lipinski definition) is 4. The van der Waals surface area contributed by atoms with Crippen molar-refractivity contribution in [2.24, 2.45) is 20.4 Å². The first-order chi connectivity index (χ1) is 9.81. The van der Waals surface area contributed by atoms with Crippen LogP contribution in [0.15, 0.2) is 67.3 Å². The lowest BCUT2D eigenvalue weighted by atomic mass is 10.1. The zero-order valence-corrected chi connectivity index (χ0v) is 11.1. The Kier molecular flexibility index (Phi) is 3.50. The van der Waals surface area contributed by atoms with Crippen molar-refractivity contribution in [3.05, 3.63) is 59.5 Å². The molecule has 1 unspecified atom stereocenters. The number of azo groups is 1. The van der Waals surface area contributed by atoms with Crippen molar-refractivity contribution >= 4 is 12.1 Å². The van der Waals surface area contributed by atoms with E-state index in [-0.39, 0.29) is 6.04 Å². The van der Waals surface area contributed by atoms with E-state index in [1.807, 2.05) is 49.4 Å². The lowest BCUT2D eigenvalue weighted by Gasteiger charge is -2.02. The molecule has 0 saturated carbocycles. The number of amidine groups is 1. The van der Waals surface area contributed by atoms with E-state index < -0.39 is 0 Å². The molecule has 2 aromatic rings. The van der Waals surface area contributed by atoms with Crippen LogP contribution in [0.5, 0.6) is 0 Å². The highest BCUT2D eigenvalue weighted by Crippen LogP contribution is 2.27. The normalized spacial score (nSPS) is 20.2. The molecule has 1 aromatic heterocycles. The van der Waals surface area contributed by atoms with Gasteiger partial charge in [-0.3, -0.25) is 0 Å². The summed E-state index contributed by atoms with van der Waals surface area (Å²) in [7, 11) is 0. The van der Waals surface area contributed by atoms with Gasteiger partial charge in [-0.2, -0.15) is 10.2 Å². The van der Waals surface area contributed by atoms with Crippen LogP contribution in [0.4, 0.5) is 0 Å². The van der Waals surface area contributed by atoms with Crippen LogP contribution in [-0.4, -0.2) is 12.1 Å². The first-order valence-corrected chi connectivity index (χ1v) is 6.43. The Hall–Kier alpha value is -2.56. The summed E-state index contributed by atoms with van der Waals surface area (Å²) >= 11 is 0. The largest absolute Gasteiger partial charge is 0.460 e. The molecule has 0 fully saturated rings. The molecule has 3 rings (SSSR count). The van der Waals surface area contributed by atoms with Gasteiger partial charge in [0.15, 0.2) is 5.84 Å². The van der Waals surface area contributed by atoms with Gasteiger partial charge in [0.05, 0.1) is 6.21 Å².